The van der Waals surface area contributed by atoms with Crippen LogP contribution in [0.5, 0.6) is 5.75 Å². The van der Waals surface area contributed by atoms with E-state index in [1.165, 1.54) is 6.20 Å². The van der Waals surface area contributed by atoms with E-state index in [9.17, 15) is 9.59 Å². The molecule has 2 amide bonds. The van der Waals surface area contributed by atoms with Crippen molar-refractivity contribution in [2.45, 2.75) is 19.8 Å². The summed E-state index contributed by atoms with van der Waals surface area (Å²) in [7, 11) is 0. The molecule has 3 aromatic rings. The number of carbonyl (C=O) groups is 2. The maximum absolute atomic E-state index is 12.9. The number of ether oxygens (including phenoxy) is 1. The van der Waals surface area contributed by atoms with Crippen molar-refractivity contribution in [1.82, 2.24) is 14.9 Å². The zero-order valence-electron chi connectivity index (χ0n) is 16.7. The van der Waals surface area contributed by atoms with Crippen molar-refractivity contribution in [3.05, 3.63) is 53.3 Å². The molecule has 0 saturated carbocycles. The van der Waals surface area contributed by atoms with Gasteiger partial charge in [-0.25, -0.2) is 4.98 Å². The van der Waals surface area contributed by atoms with E-state index < -0.39 is 0 Å². The number of halogens is 1. The third-order valence-corrected chi connectivity index (χ3v) is 5.49. The first-order valence-corrected chi connectivity index (χ1v) is 10.4. The molecule has 0 aliphatic carbocycles. The summed E-state index contributed by atoms with van der Waals surface area (Å²) in [5.74, 6) is 0.969. The molecule has 4 rings (SSSR count). The number of pyridine rings is 1. The highest BCUT2D eigenvalue weighted by molar-refractivity contribution is 6.30. The Bertz CT molecular complexity index is 1060. The van der Waals surface area contributed by atoms with E-state index >= 15 is 0 Å². The molecule has 0 radical (unpaired) electrons. The first-order chi connectivity index (χ1) is 14.5. The number of anilines is 1. The zero-order valence-corrected chi connectivity index (χ0v) is 17.4. The molecular formula is C22H23ClN4O3. The van der Waals surface area contributed by atoms with Gasteiger partial charge in [-0.1, -0.05) is 11.6 Å². The van der Waals surface area contributed by atoms with Crippen LogP contribution in [-0.4, -0.2) is 46.4 Å². The van der Waals surface area contributed by atoms with Gasteiger partial charge in [-0.05, 0) is 50.1 Å². The Morgan fingerprint density at radius 2 is 2.03 bits per heavy atom. The van der Waals surface area contributed by atoms with Crippen LogP contribution >= 0.6 is 11.6 Å². The number of fused-ring (bicyclic) bond motifs is 1. The number of aromatic nitrogens is 2. The van der Waals surface area contributed by atoms with Gasteiger partial charge < -0.3 is 19.9 Å². The average molecular weight is 427 g/mol. The number of hydrogen-bond donors (Lipinski definition) is 2. The summed E-state index contributed by atoms with van der Waals surface area (Å²) in [5, 5.41) is 4.30. The molecule has 1 fully saturated rings. The van der Waals surface area contributed by atoms with Crippen LogP contribution in [0, 0.1) is 5.92 Å². The largest absolute Gasteiger partial charge is 0.494 e. The minimum atomic E-state index is -0.150. The van der Waals surface area contributed by atoms with Crippen molar-refractivity contribution in [2.75, 3.05) is 25.0 Å². The van der Waals surface area contributed by atoms with Crippen molar-refractivity contribution in [3.63, 3.8) is 0 Å². The Kier molecular flexibility index (Phi) is 5.90. The van der Waals surface area contributed by atoms with Gasteiger partial charge >= 0.3 is 0 Å². The molecule has 7 nitrogen and oxygen atoms in total. The van der Waals surface area contributed by atoms with E-state index in [4.69, 9.17) is 16.3 Å². The number of amides is 2. The van der Waals surface area contributed by atoms with Crippen molar-refractivity contribution < 1.29 is 14.3 Å². The van der Waals surface area contributed by atoms with E-state index in [0.717, 1.165) is 16.7 Å². The highest BCUT2D eigenvalue weighted by Crippen LogP contribution is 2.24. The molecule has 8 heteroatoms. The quantitative estimate of drug-likeness (QED) is 0.642. The van der Waals surface area contributed by atoms with Gasteiger partial charge in [-0.15, -0.1) is 0 Å². The Labute approximate surface area is 179 Å². The SMILES string of the molecule is CCOc1ccc2cc(C(=O)N3CCC(C(=O)Nc4ccc(Cl)cn4)CC3)[nH]c2c1. The normalized spacial score (nSPS) is 14.7. The molecule has 0 atom stereocenters. The molecule has 0 spiro atoms. The average Bonchev–Trinajstić information content (AvgIpc) is 3.18. The number of rotatable bonds is 5. The van der Waals surface area contributed by atoms with Crippen molar-refractivity contribution in [1.29, 1.82) is 0 Å². The van der Waals surface area contributed by atoms with Gasteiger partial charge in [0.1, 0.15) is 17.3 Å². The lowest BCUT2D eigenvalue weighted by Gasteiger charge is -2.31. The molecule has 1 aromatic carbocycles. The van der Waals surface area contributed by atoms with Gasteiger partial charge in [0, 0.05) is 42.2 Å². The van der Waals surface area contributed by atoms with Crippen LogP contribution in [0.15, 0.2) is 42.6 Å². The second kappa shape index (κ2) is 8.75. The number of piperidine rings is 1. The number of H-pyrrole nitrogens is 1. The third kappa shape index (κ3) is 4.41. The Morgan fingerprint density at radius 3 is 2.73 bits per heavy atom. The highest BCUT2D eigenvalue weighted by atomic mass is 35.5. The van der Waals surface area contributed by atoms with Crippen molar-refractivity contribution in [2.24, 2.45) is 5.92 Å². The molecule has 1 aliphatic rings. The first kappa shape index (κ1) is 20.2. The molecule has 1 aliphatic heterocycles. The molecule has 156 valence electrons. The van der Waals surface area contributed by atoms with Gasteiger partial charge in [0.15, 0.2) is 0 Å². The predicted octanol–water partition coefficient (Wildman–Crippen LogP) is 4.11. The maximum Gasteiger partial charge on any atom is 0.270 e. The van der Waals surface area contributed by atoms with Crippen LogP contribution in [0.4, 0.5) is 5.82 Å². The van der Waals surface area contributed by atoms with Gasteiger partial charge in [0.05, 0.1) is 11.6 Å². The molecule has 1 saturated heterocycles. The summed E-state index contributed by atoms with van der Waals surface area (Å²) in [6.07, 6.45) is 2.72. The maximum atomic E-state index is 12.9. The van der Waals surface area contributed by atoms with E-state index in [-0.39, 0.29) is 17.7 Å². The fourth-order valence-corrected chi connectivity index (χ4v) is 3.78. The summed E-state index contributed by atoms with van der Waals surface area (Å²) in [6, 6.07) is 11.0. The molecule has 30 heavy (non-hydrogen) atoms. The van der Waals surface area contributed by atoms with E-state index in [0.29, 0.717) is 49.1 Å². The summed E-state index contributed by atoms with van der Waals surface area (Å²) >= 11 is 5.82. The van der Waals surface area contributed by atoms with Crippen LogP contribution in [0.1, 0.15) is 30.3 Å². The molecule has 2 aromatic heterocycles. The number of hydrogen-bond acceptors (Lipinski definition) is 4. The van der Waals surface area contributed by atoms with Crippen LogP contribution < -0.4 is 10.1 Å². The Morgan fingerprint density at radius 1 is 1.23 bits per heavy atom. The zero-order chi connectivity index (χ0) is 21.1. The third-order valence-electron chi connectivity index (χ3n) is 5.27. The second-order valence-corrected chi connectivity index (χ2v) is 7.72. The molecule has 0 unspecified atom stereocenters. The van der Waals surface area contributed by atoms with Crippen LogP contribution in [0.2, 0.25) is 5.02 Å². The fraction of sp³-hybridized carbons (Fsp3) is 0.318. The molecule has 3 heterocycles. The number of carbonyl (C=O) groups excluding carboxylic acids is 2. The van der Waals surface area contributed by atoms with E-state index in [2.05, 4.69) is 15.3 Å². The summed E-state index contributed by atoms with van der Waals surface area (Å²) in [4.78, 5) is 34.5. The van der Waals surface area contributed by atoms with Crippen LogP contribution in [-0.2, 0) is 4.79 Å². The lowest BCUT2D eigenvalue weighted by molar-refractivity contribution is -0.121. The smallest absolute Gasteiger partial charge is 0.270 e. The highest BCUT2D eigenvalue weighted by Gasteiger charge is 2.28. The Balaban J connectivity index is 1.36. The van der Waals surface area contributed by atoms with Gasteiger partial charge in [0.2, 0.25) is 5.91 Å². The van der Waals surface area contributed by atoms with Crippen molar-refractivity contribution in [3.8, 4) is 5.75 Å². The monoisotopic (exact) mass is 426 g/mol. The molecule has 0 bridgehead atoms. The standard InChI is InChI=1S/C22H23ClN4O3/c1-2-30-17-5-3-15-11-19(25-18(15)12-17)22(29)27-9-7-14(8-10-27)21(28)26-20-6-4-16(23)13-24-20/h3-6,11-14,25H,2,7-10H2,1H3,(H,24,26,28). The second-order valence-electron chi connectivity index (χ2n) is 7.28. The van der Waals surface area contributed by atoms with Crippen molar-refractivity contribution >= 4 is 40.1 Å². The fourth-order valence-electron chi connectivity index (χ4n) is 3.67. The predicted molar refractivity (Wildman–Crippen MR) is 116 cm³/mol. The van der Waals surface area contributed by atoms with Crippen LogP contribution in [0.3, 0.4) is 0 Å². The number of nitrogens with one attached hydrogen (secondary N) is 2. The first-order valence-electron chi connectivity index (χ1n) is 10.0. The van der Waals surface area contributed by atoms with Gasteiger partial charge in [0.25, 0.3) is 5.91 Å². The minimum Gasteiger partial charge on any atom is -0.494 e. The van der Waals surface area contributed by atoms with Gasteiger partial charge in [-0.3, -0.25) is 9.59 Å². The minimum absolute atomic E-state index is 0.0533. The van der Waals surface area contributed by atoms with Gasteiger partial charge in [-0.2, -0.15) is 0 Å². The Hall–Kier alpha value is -3.06. The lowest BCUT2D eigenvalue weighted by Crippen LogP contribution is -2.41. The van der Waals surface area contributed by atoms with E-state index in [1.54, 1.807) is 17.0 Å². The summed E-state index contributed by atoms with van der Waals surface area (Å²) in [6.45, 7) is 3.59. The molecular weight excluding hydrogens is 404 g/mol. The number of likely N-dealkylation sites (tertiary alicyclic amines) is 1. The summed E-state index contributed by atoms with van der Waals surface area (Å²) in [5.41, 5.74) is 1.42. The number of nitrogens with zero attached hydrogens (tertiary/aromatic N) is 2. The summed E-state index contributed by atoms with van der Waals surface area (Å²) < 4.78 is 5.52. The number of benzene rings is 1. The van der Waals surface area contributed by atoms with Crippen LogP contribution in [0.25, 0.3) is 10.9 Å². The topological polar surface area (TPSA) is 87.3 Å². The van der Waals surface area contributed by atoms with E-state index in [1.807, 2.05) is 31.2 Å². The molecule has 2 N–H and O–H groups in total. The number of aromatic amines is 1. The lowest BCUT2D eigenvalue weighted by atomic mass is 9.95.